The SMILES string of the molecule is Cc1occc1C(=O)OCC(=O)Nc1ccccc1C(=O)NCc1ccco1. The van der Waals surface area contributed by atoms with Crippen molar-refractivity contribution in [2.75, 3.05) is 11.9 Å². The molecule has 0 unspecified atom stereocenters. The molecular weight excluding hydrogens is 364 g/mol. The van der Waals surface area contributed by atoms with Crippen LogP contribution in [0.3, 0.4) is 0 Å². The monoisotopic (exact) mass is 382 g/mol. The lowest BCUT2D eigenvalue weighted by atomic mass is 10.1. The second-order valence-electron chi connectivity index (χ2n) is 5.82. The molecule has 1 aromatic carbocycles. The lowest BCUT2D eigenvalue weighted by molar-refractivity contribution is -0.119. The van der Waals surface area contributed by atoms with E-state index in [0.29, 0.717) is 17.2 Å². The summed E-state index contributed by atoms with van der Waals surface area (Å²) in [6.45, 7) is 1.34. The van der Waals surface area contributed by atoms with E-state index in [4.69, 9.17) is 13.6 Å². The summed E-state index contributed by atoms with van der Waals surface area (Å²) in [4.78, 5) is 36.5. The molecule has 0 radical (unpaired) electrons. The van der Waals surface area contributed by atoms with Crippen LogP contribution < -0.4 is 10.6 Å². The topological polar surface area (TPSA) is 111 Å². The van der Waals surface area contributed by atoms with Gasteiger partial charge < -0.3 is 24.2 Å². The number of para-hydroxylation sites is 1. The maximum Gasteiger partial charge on any atom is 0.342 e. The largest absolute Gasteiger partial charge is 0.469 e. The molecule has 3 aromatic rings. The van der Waals surface area contributed by atoms with Crippen LogP contribution in [0.5, 0.6) is 0 Å². The van der Waals surface area contributed by atoms with Crippen LogP contribution in [0, 0.1) is 6.92 Å². The highest BCUT2D eigenvalue weighted by molar-refractivity contribution is 6.04. The highest BCUT2D eigenvalue weighted by Gasteiger charge is 2.17. The zero-order chi connectivity index (χ0) is 19.9. The maximum absolute atomic E-state index is 12.4. The molecular formula is C20H18N2O6. The van der Waals surface area contributed by atoms with Crippen molar-refractivity contribution in [3.8, 4) is 0 Å². The highest BCUT2D eigenvalue weighted by Crippen LogP contribution is 2.16. The van der Waals surface area contributed by atoms with Gasteiger partial charge in [0, 0.05) is 0 Å². The van der Waals surface area contributed by atoms with Crippen LogP contribution in [0.15, 0.2) is 63.8 Å². The Bertz CT molecular complexity index is 974. The molecule has 0 saturated carbocycles. The first kappa shape index (κ1) is 19.0. The van der Waals surface area contributed by atoms with Crippen molar-refractivity contribution in [1.82, 2.24) is 5.32 Å². The fraction of sp³-hybridized carbons (Fsp3) is 0.150. The lowest BCUT2D eigenvalue weighted by Gasteiger charge is -2.11. The number of furan rings is 2. The van der Waals surface area contributed by atoms with Crippen LogP contribution in [0.4, 0.5) is 5.69 Å². The van der Waals surface area contributed by atoms with Gasteiger partial charge >= 0.3 is 5.97 Å². The first-order chi connectivity index (χ1) is 13.5. The van der Waals surface area contributed by atoms with Crippen LogP contribution in [-0.2, 0) is 16.1 Å². The molecule has 0 spiro atoms. The van der Waals surface area contributed by atoms with Gasteiger partial charge in [-0.25, -0.2) is 4.79 Å². The zero-order valence-electron chi connectivity index (χ0n) is 15.1. The summed E-state index contributed by atoms with van der Waals surface area (Å²) in [6, 6.07) is 11.5. The Labute approximate surface area is 160 Å². The van der Waals surface area contributed by atoms with Gasteiger partial charge in [-0.15, -0.1) is 0 Å². The third-order valence-corrected chi connectivity index (χ3v) is 3.86. The summed E-state index contributed by atoms with van der Waals surface area (Å²) >= 11 is 0. The third-order valence-electron chi connectivity index (χ3n) is 3.86. The van der Waals surface area contributed by atoms with Gasteiger partial charge in [0.2, 0.25) is 0 Å². The predicted octanol–water partition coefficient (Wildman–Crippen LogP) is 2.91. The van der Waals surface area contributed by atoms with E-state index in [1.807, 2.05) is 0 Å². The number of carbonyl (C=O) groups is 3. The van der Waals surface area contributed by atoms with E-state index in [0.717, 1.165) is 0 Å². The van der Waals surface area contributed by atoms with Crippen molar-refractivity contribution >= 4 is 23.5 Å². The van der Waals surface area contributed by atoms with E-state index in [1.54, 1.807) is 43.3 Å². The number of rotatable bonds is 7. The van der Waals surface area contributed by atoms with Gasteiger partial charge in [-0.1, -0.05) is 12.1 Å². The van der Waals surface area contributed by atoms with E-state index in [9.17, 15) is 14.4 Å². The second kappa shape index (κ2) is 8.72. The smallest absolute Gasteiger partial charge is 0.342 e. The molecule has 0 saturated heterocycles. The molecule has 0 bridgehead atoms. The summed E-state index contributed by atoms with van der Waals surface area (Å²) < 4.78 is 15.2. The minimum atomic E-state index is -0.661. The predicted molar refractivity (Wildman–Crippen MR) is 98.7 cm³/mol. The van der Waals surface area contributed by atoms with Gasteiger partial charge in [0.1, 0.15) is 17.1 Å². The Morgan fingerprint density at radius 3 is 2.50 bits per heavy atom. The highest BCUT2D eigenvalue weighted by atomic mass is 16.5. The minimum Gasteiger partial charge on any atom is -0.469 e. The van der Waals surface area contributed by atoms with Crippen LogP contribution >= 0.6 is 0 Å². The number of ether oxygens (including phenoxy) is 1. The quantitative estimate of drug-likeness (QED) is 0.608. The second-order valence-corrected chi connectivity index (χ2v) is 5.82. The van der Waals surface area contributed by atoms with Crippen molar-refractivity contribution in [3.05, 3.63) is 77.6 Å². The molecule has 3 rings (SSSR count). The van der Waals surface area contributed by atoms with Crippen molar-refractivity contribution in [2.24, 2.45) is 0 Å². The Morgan fingerprint density at radius 1 is 0.964 bits per heavy atom. The van der Waals surface area contributed by atoms with Crippen molar-refractivity contribution in [1.29, 1.82) is 0 Å². The average Bonchev–Trinajstić information content (AvgIpc) is 3.36. The first-order valence-corrected chi connectivity index (χ1v) is 8.45. The van der Waals surface area contributed by atoms with Crippen molar-refractivity contribution in [2.45, 2.75) is 13.5 Å². The van der Waals surface area contributed by atoms with E-state index in [1.165, 1.54) is 18.6 Å². The van der Waals surface area contributed by atoms with Crippen molar-refractivity contribution < 1.29 is 28.0 Å². The van der Waals surface area contributed by atoms with Gasteiger partial charge in [-0.2, -0.15) is 0 Å². The molecule has 0 fully saturated rings. The fourth-order valence-corrected chi connectivity index (χ4v) is 2.46. The Morgan fingerprint density at radius 2 is 1.79 bits per heavy atom. The van der Waals surface area contributed by atoms with E-state index < -0.39 is 18.5 Å². The maximum atomic E-state index is 12.4. The normalized spacial score (nSPS) is 10.3. The lowest BCUT2D eigenvalue weighted by Crippen LogP contribution is -2.26. The molecule has 28 heavy (non-hydrogen) atoms. The molecule has 2 N–H and O–H groups in total. The molecule has 2 amide bonds. The number of aryl methyl sites for hydroxylation is 1. The molecule has 0 aliphatic rings. The van der Waals surface area contributed by atoms with Crippen molar-refractivity contribution in [3.63, 3.8) is 0 Å². The molecule has 8 heteroatoms. The molecule has 0 aliphatic carbocycles. The van der Waals surface area contributed by atoms with Crippen LogP contribution in [0.1, 0.15) is 32.2 Å². The first-order valence-electron chi connectivity index (χ1n) is 8.45. The van der Waals surface area contributed by atoms with E-state index in [2.05, 4.69) is 10.6 Å². The number of esters is 1. The molecule has 0 atom stereocenters. The number of hydrogen-bond donors (Lipinski definition) is 2. The number of benzene rings is 1. The summed E-state index contributed by atoms with van der Waals surface area (Å²) in [5, 5.41) is 5.29. The van der Waals surface area contributed by atoms with Crippen LogP contribution in [0.2, 0.25) is 0 Å². The van der Waals surface area contributed by atoms with Crippen LogP contribution in [0.25, 0.3) is 0 Å². The number of carbonyl (C=O) groups excluding carboxylic acids is 3. The summed E-state index contributed by atoms with van der Waals surface area (Å²) in [5.41, 5.74) is 0.838. The van der Waals surface area contributed by atoms with Gasteiger partial charge in [-0.3, -0.25) is 9.59 Å². The van der Waals surface area contributed by atoms with Crippen LogP contribution in [-0.4, -0.2) is 24.4 Å². The molecule has 0 aliphatic heterocycles. The number of anilines is 1. The minimum absolute atomic E-state index is 0.218. The van der Waals surface area contributed by atoms with E-state index in [-0.39, 0.29) is 23.6 Å². The van der Waals surface area contributed by atoms with Gasteiger partial charge in [0.15, 0.2) is 6.61 Å². The summed E-state index contributed by atoms with van der Waals surface area (Å²) in [7, 11) is 0. The number of nitrogens with one attached hydrogen (secondary N) is 2. The van der Waals surface area contributed by atoms with E-state index >= 15 is 0 Å². The van der Waals surface area contributed by atoms with Gasteiger partial charge in [0.25, 0.3) is 11.8 Å². The van der Waals surface area contributed by atoms with Gasteiger partial charge in [0.05, 0.1) is 30.3 Å². The molecule has 8 nitrogen and oxygen atoms in total. The zero-order valence-corrected chi connectivity index (χ0v) is 15.1. The average molecular weight is 382 g/mol. The van der Waals surface area contributed by atoms with Gasteiger partial charge in [-0.05, 0) is 37.3 Å². The summed E-state index contributed by atoms with van der Waals surface area (Å²) in [6.07, 6.45) is 2.88. The third kappa shape index (κ3) is 4.67. The molecule has 2 aromatic heterocycles. The Hall–Kier alpha value is -3.81. The summed E-state index contributed by atoms with van der Waals surface area (Å²) in [5.74, 6) is -0.592. The number of hydrogen-bond acceptors (Lipinski definition) is 6. The standard InChI is InChI=1S/C20H18N2O6/c1-13-15(8-10-26-13)20(25)28-12-18(23)22-17-7-3-2-6-16(17)19(24)21-11-14-5-4-9-27-14/h2-10H,11-12H2,1H3,(H,21,24)(H,22,23). The number of amides is 2. The molecule has 144 valence electrons. The molecule has 2 heterocycles. The fourth-order valence-electron chi connectivity index (χ4n) is 2.46. The Kier molecular flexibility index (Phi) is 5.91. The Balaban J connectivity index is 1.57.